The summed E-state index contributed by atoms with van der Waals surface area (Å²) in [5.74, 6) is 1.25. The maximum Gasteiger partial charge on any atom is 0.127 e. The minimum absolute atomic E-state index is 0.416. The number of piperazine rings is 1. The zero-order valence-electron chi connectivity index (χ0n) is 14.9. The number of hydrogen-bond acceptors (Lipinski definition) is 3. The zero-order chi connectivity index (χ0) is 16.4. The van der Waals surface area contributed by atoms with Crippen LogP contribution in [-0.4, -0.2) is 39.6 Å². The predicted molar refractivity (Wildman–Crippen MR) is 96.7 cm³/mol. The zero-order valence-corrected chi connectivity index (χ0v) is 14.9. The summed E-state index contributed by atoms with van der Waals surface area (Å²) in [6.45, 7) is 12.3. The smallest absolute Gasteiger partial charge is 0.127 e. The number of aromatic nitrogens is 2. The molecule has 0 spiro atoms. The molecule has 1 aliphatic rings. The van der Waals surface area contributed by atoms with Crippen LogP contribution in [0.25, 0.3) is 11.0 Å². The van der Waals surface area contributed by atoms with E-state index in [0.29, 0.717) is 18.1 Å². The van der Waals surface area contributed by atoms with Crippen LogP contribution in [0.15, 0.2) is 24.3 Å². The molecule has 126 valence electrons. The Labute approximate surface area is 139 Å². The van der Waals surface area contributed by atoms with Crippen molar-refractivity contribution < 1.29 is 0 Å². The molecule has 1 fully saturated rings. The minimum atomic E-state index is 0.416. The van der Waals surface area contributed by atoms with Gasteiger partial charge in [-0.25, -0.2) is 4.98 Å². The highest BCUT2D eigenvalue weighted by atomic mass is 15.3. The molecule has 3 rings (SSSR count). The van der Waals surface area contributed by atoms with Crippen LogP contribution >= 0.6 is 0 Å². The van der Waals surface area contributed by atoms with Gasteiger partial charge in [-0.2, -0.15) is 0 Å². The summed E-state index contributed by atoms with van der Waals surface area (Å²) in [6.07, 6.45) is 2.35. The molecule has 23 heavy (non-hydrogen) atoms. The van der Waals surface area contributed by atoms with Crippen LogP contribution in [0.2, 0.25) is 0 Å². The minimum Gasteiger partial charge on any atom is -0.327 e. The lowest BCUT2D eigenvalue weighted by Gasteiger charge is -2.40. The van der Waals surface area contributed by atoms with E-state index >= 15 is 0 Å². The topological polar surface area (TPSA) is 33.1 Å². The van der Waals surface area contributed by atoms with Crippen molar-refractivity contribution in [2.75, 3.05) is 13.1 Å². The SMILES string of the molecule is CCCC(c1nc2ccccc2n1CC)N1C[C@@H](C)N[C@@H](C)C1. The molecule has 1 aliphatic heterocycles. The summed E-state index contributed by atoms with van der Waals surface area (Å²) in [6, 6.07) is 10.0. The molecular formula is C19H30N4. The molecule has 4 heteroatoms. The summed E-state index contributed by atoms with van der Waals surface area (Å²) in [4.78, 5) is 7.67. The highest BCUT2D eigenvalue weighted by Crippen LogP contribution is 2.30. The van der Waals surface area contributed by atoms with E-state index in [1.807, 2.05) is 0 Å². The third kappa shape index (κ3) is 3.29. The van der Waals surface area contributed by atoms with Gasteiger partial charge in [0.15, 0.2) is 0 Å². The van der Waals surface area contributed by atoms with Gasteiger partial charge >= 0.3 is 0 Å². The van der Waals surface area contributed by atoms with Crippen molar-refractivity contribution in [1.82, 2.24) is 19.8 Å². The third-order valence-electron chi connectivity index (χ3n) is 4.89. The Kier molecular flexibility index (Phi) is 5.02. The van der Waals surface area contributed by atoms with Crippen LogP contribution in [0.3, 0.4) is 0 Å². The summed E-state index contributed by atoms with van der Waals surface area (Å²) in [7, 11) is 0. The van der Waals surface area contributed by atoms with Crippen LogP contribution in [0.4, 0.5) is 0 Å². The Hall–Kier alpha value is -1.39. The normalized spacial score (nSPS) is 24.2. The Bertz CT molecular complexity index is 638. The van der Waals surface area contributed by atoms with Crippen molar-refractivity contribution in [1.29, 1.82) is 0 Å². The van der Waals surface area contributed by atoms with Gasteiger partial charge in [0.05, 0.1) is 17.1 Å². The molecule has 1 saturated heterocycles. The third-order valence-corrected chi connectivity index (χ3v) is 4.89. The van der Waals surface area contributed by atoms with E-state index in [0.717, 1.165) is 25.2 Å². The summed E-state index contributed by atoms with van der Waals surface area (Å²) < 4.78 is 2.41. The molecule has 2 heterocycles. The summed E-state index contributed by atoms with van der Waals surface area (Å²) in [5.41, 5.74) is 2.39. The lowest BCUT2D eigenvalue weighted by molar-refractivity contribution is 0.110. The lowest BCUT2D eigenvalue weighted by Crippen LogP contribution is -2.55. The van der Waals surface area contributed by atoms with E-state index in [9.17, 15) is 0 Å². The lowest BCUT2D eigenvalue weighted by atomic mass is 10.0. The molecule has 1 unspecified atom stereocenters. The Morgan fingerprint density at radius 2 is 1.87 bits per heavy atom. The Balaban J connectivity index is 2.00. The number of fused-ring (bicyclic) bond motifs is 1. The maximum absolute atomic E-state index is 5.03. The number of benzene rings is 1. The van der Waals surface area contributed by atoms with Gasteiger partial charge in [0.25, 0.3) is 0 Å². The number of imidazole rings is 1. The average molecular weight is 314 g/mol. The summed E-state index contributed by atoms with van der Waals surface area (Å²) >= 11 is 0. The quantitative estimate of drug-likeness (QED) is 0.916. The fraction of sp³-hybridized carbons (Fsp3) is 0.632. The molecule has 3 atom stereocenters. The number of hydrogen-bond donors (Lipinski definition) is 1. The van der Waals surface area contributed by atoms with E-state index in [1.54, 1.807) is 0 Å². The van der Waals surface area contributed by atoms with Crippen LogP contribution in [0.1, 0.15) is 52.4 Å². The molecular weight excluding hydrogens is 284 g/mol. The fourth-order valence-corrected chi connectivity index (χ4v) is 4.05. The van der Waals surface area contributed by atoms with Crippen LogP contribution in [0.5, 0.6) is 0 Å². The first-order chi connectivity index (χ1) is 11.1. The van der Waals surface area contributed by atoms with E-state index in [-0.39, 0.29) is 0 Å². The van der Waals surface area contributed by atoms with E-state index in [4.69, 9.17) is 4.98 Å². The molecule has 4 nitrogen and oxygen atoms in total. The molecule has 0 bridgehead atoms. The van der Waals surface area contributed by atoms with Crippen LogP contribution in [-0.2, 0) is 6.54 Å². The van der Waals surface area contributed by atoms with Gasteiger partial charge in [0.2, 0.25) is 0 Å². The van der Waals surface area contributed by atoms with Gasteiger partial charge in [-0.05, 0) is 39.3 Å². The van der Waals surface area contributed by atoms with Crippen molar-refractivity contribution in [3.8, 4) is 0 Å². The van der Waals surface area contributed by atoms with Gasteiger partial charge in [0, 0.05) is 31.7 Å². The number of para-hydroxylation sites is 2. The van der Waals surface area contributed by atoms with Gasteiger partial charge in [0.1, 0.15) is 5.82 Å². The number of aryl methyl sites for hydroxylation is 1. The Morgan fingerprint density at radius 1 is 1.17 bits per heavy atom. The van der Waals surface area contributed by atoms with Crippen LogP contribution in [0, 0.1) is 0 Å². The Morgan fingerprint density at radius 3 is 2.52 bits per heavy atom. The van der Waals surface area contributed by atoms with E-state index in [1.165, 1.54) is 24.2 Å². The van der Waals surface area contributed by atoms with E-state index in [2.05, 4.69) is 66.7 Å². The summed E-state index contributed by atoms with van der Waals surface area (Å²) in [5, 5.41) is 3.64. The number of nitrogens with one attached hydrogen (secondary N) is 1. The monoisotopic (exact) mass is 314 g/mol. The first-order valence-electron chi connectivity index (χ1n) is 9.09. The number of rotatable bonds is 5. The van der Waals surface area contributed by atoms with Crippen molar-refractivity contribution in [2.24, 2.45) is 0 Å². The van der Waals surface area contributed by atoms with Gasteiger partial charge < -0.3 is 9.88 Å². The largest absolute Gasteiger partial charge is 0.327 e. The molecule has 0 amide bonds. The fourth-order valence-electron chi connectivity index (χ4n) is 4.05. The molecule has 0 aliphatic carbocycles. The van der Waals surface area contributed by atoms with Gasteiger partial charge in [-0.3, -0.25) is 4.90 Å². The second kappa shape index (κ2) is 7.02. The number of nitrogens with zero attached hydrogens (tertiary/aromatic N) is 3. The highest BCUT2D eigenvalue weighted by molar-refractivity contribution is 5.76. The van der Waals surface area contributed by atoms with Crippen molar-refractivity contribution in [3.63, 3.8) is 0 Å². The van der Waals surface area contributed by atoms with Crippen molar-refractivity contribution in [2.45, 2.75) is 65.2 Å². The maximum atomic E-state index is 5.03. The second-order valence-corrected chi connectivity index (χ2v) is 6.93. The first kappa shape index (κ1) is 16.5. The molecule has 0 saturated carbocycles. The molecule has 2 aromatic rings. The molecule has 1 aromatic heterocycles. The molecule has 1 aromatic carbocycles. The first-order valence-corrected chi connectivity index (χ1v) is 9.09. The van der Waals surface area contributed by atoms with Crippen molar-refractivity contribution >= 4 is 11.0 Å². The van der Waals surface area contributed by atoms with Gasteiger partial charge in [-0.1, -0.05) is 25.5 Å². The average Bonchev–Trinajstić information content (AvgIpc) is 2.89. The molecule has 0 radical (unpaired) electrons. The second-order valence-electron chi connectivity index (χ2n) is 6.93. The van der Waals surface area contributed by atoms with E-state index < -0.39 is 0 Å². The van der Waals surface area contributed by atoms with Gasteiger partial charge in [-0.15, -0.1) is 0 Å². The highest BCUT2D eigenvalue weighted by Gasteiger charge is 2.30. The van der Waals surface area contributed by atoms with Crippen molar-refractivity contribution in [3.05, 3.63) is 30.1 Å². The predicted octanol–water partition coefficient (Wildman–Crippen LogP) is 3.58. The molecule has 1 N–H and O–H groups in total. The standard InChI is InChI=1S/C19H30N4/c1-5-9-18(22-12-14(3)20-15(4)13-22)19-21-16-10-7-8-11-17(16)23(19)6-2/h7-8,10-11,14-15,18,20H,5-6,9,12-13H2,1-4H3/t14-,15+,18?. The van der Waals surface area contributed by atoms with Crippen LogP contribution < -0.4 is 5.32 Å².